The Bertz CT molecular complexity index is 1360. The van der Waals surface area contributed by atoms with Crippen LogP contribution in [-0.4, -0.2) is 131 Å². The molecule has 4 saturated heterocycles. The summed E-state index contributed by atoms with van der Waals surface area (Å²) in [6, 6.07) is 7.42. The number of hydrogen-bond donors (Lipinski definition) is 2. The largest absolute Gasteiger partial charge is 0.455 e. The van der Waals surface area contributed by atoms with Gasteiger partial charge in [0.15, 0.2) is 0 Å². The number of morpholine rings is 1. The van der Waals surface area contributed by atoms with Crippen LogP contribution in [0.3, 0.4) is 0 Å². The maximum atomic E-state index is 14.7. The Kier molecular flexibility index (Phi) is 12.7. The van der Waals surface area contributed by atoms with Crippen LogP contribution in [0.5, 0.6) is 0 Å². The zero-order chi connectivity index (χ0) is 35.1. The number of allylic oxidation sites excluding steroid dienone is 1. The van der Waals surface area contributed by atoms with Crippen molar-refractivity contribution in [1.29, 1.82) is 0 Å². The van der Waals surface area contributed by atoms with Crippen LogP contribution in [0.1, 0.15) is 44.3 Å². The summed E-state index contributed by atoms with van der Waals surface area (Å²) in [5, 5.41) is 13.3. The minimum absolute atomic E-state index is 0.0424. The van der Waals surface area contributed by atoms with E-state index in [-0.39, 0.29) is 42.8 Å². The van der Waals surface area contributed by atoms with E-state index >= 15 is 0 Å². The normalized spacial score (nSPS) is 28.8. The number of nitrogens with one attached hydrogen (secondary N) is 1. The molecule has 0 saturated carbocycles. The third-order valence-corrected chi connectivity index (χ3v) is 11.1. The van der Waals surface area contributed by atoms with Gasteiger partial charge in [0.05, 0.1) is 50.3 Å². The van der Waals surface area contributed by atoms with E-state index < -0.39 is 53.6 Å². The second kappa shape index (κ2) is 16.7. The van der Waals surface area contributed by atoms with Crippen molar-refractivity contribution in [2.75, 3.05) is 59.1 Å². The van der Waals surface area contributed by atoms with Gasteiger partial charge in [-0.05, 0) is 24.8 Å². The molecule has 5 rings (SSSR count). The second-order valence-corrected chi connectivity index (χ2v) is 14.3. The van der Waals surface area contributed by atoms with Crippen LogP contribution in [0.15, 0.2) is 55.6 Å². The molecule has 1 spiro atoms. The molecule has 1 aromatic carbocycles. The van der Waals surface area contributed by atoms with Crippen LogP contribution in [-0.2, 0) is 33.4 Å². The second-order valence-electron chi connectivity index (χ2n) is 13.1. The summed E-state index contributed by atoms with van der Waals surface area (Å²) in [4.78, 5) is 61.1. The van der Waals surface area contributed by atoms with Crippen LogP contribution in [0, 0.1) is 11.8 Å². The van der Waals surface area contributed by atoms with Crippen molar-refractivity contribution >= 4 is 39.6 Å². The van der Waals surface area contributed by atoms with E-state index in [1.54, 1.807) is 17.1 Å². The number of fused-ring (bicyclic) bond motifs is 1. The predicted octanol–water partition coefficient (Wildman–Crippen LogP) is 2.22. The van der Waals surface area contributed by atoms with Crippen molar-refractivity contribution in [3.05, 3.63) is 61.2 Å². The van der Waals surface area contributed by atoms with Crippen LogP contribution in [0.2, 0.25) is 0 Å². The van der Waals surface area contributed by atoms with Crippen LogP contribution >= 0.6 is 15.9 Å². The molecule has 1 unspecified atom stereocenters. The fourth-order valence-electron chi connectivity index (χ4n) is 7.77. The van der Waals surface area contributed by atoms with Crippen molar-refractivity contribution in [1.82, 2.24) is 20.0 Å². The molecular weight excluding hydrogens is 696 g/mol. The molecule has 13 heteroatoms. The van der Waals surface area contributed by atoms with Gasteiger partial charge in [-0.15, -0.1) is 13.2 Å². The summed E-state index contributed by atoms with van der Waals surface area (Å²) in [7, 11) is 0. The molecule has 4 fully saturated rings. The number of benzene rings is 1. The highest BCUT2D eigenvalue weighted by molar-refractivity contribution is 9.09. The van der Waals surface area contributed by atoms with Gasteiger partial charge in [-0.1, -0.05) is 65.3 Å². The van der Waals surface area contributed by atoms with E-state index in [2.05, 4.69) is 39.3 Å². The number of hydrogen-bond acceptors (Lipinski definition) is 9. The van der Waals surface area contributed by atoms with Gasteiger partial charge in [-0.25, -0.2) is 0 Å². The van der Waals surface area contributed by atoms with Crippen LogP contribution in [0.25, 0.3) is 0 Å². The summed E-state index contributed by atoms with van der Waals surface area (Å²) in [6.07, 6.45) is 3.30. The third kappa shape index (κ3) is 7.65. The first kappa shape index (κ1) is 37.2. The molecule has 12 nitrogen and oxygen atoms in total. The zero-order valence-corrected chi connectivity index (χ0v) is 29.8. The van der Waals surface area contributed by atoms with Gasteiger partial charge in [-0.2, -0.15) is 0 Å². The maximum absolute atomic E-state index is 14.7. The Morgan fingerprint density at radius 1 is 1.20 bits per heavy atom. The van der Waals surface area contributed by atoms with Gasteiger partial charge in [-0.3, -0.25) is 24.1 Å². The molecule has 49 heavy (non-hydrogen) atoms. The van der Waals surface area contributed by atoms with Gasteiger partial charge in [0.2, 0.25) is 17.7 Å². The highest BCUT2D eigenvalue weighted by Crippen LogP contribution is 2.61. The first-order valence-corrected chi connectivity index (χ1v) is 18.2. The van der Waals surface area contributed by atoms with Gasteiger partial charge in [0, 0.05) is 44.0 Å². The van der Waals surface area contributed by atoms with Crippen LogP contribution in [0.4, 0.5) is 0 Å². The van der Waals surface area contributed by atoms with E-state index in [9.17, 15) is 24.3 Å². The Balaban J connectivity index is 1.44. The average molecular weight is 746 g/mol. The number of alkyl halides is 1. The van der Waals surface area contributed by atoms with Crippen molar-refractivity contribution in [2.24, 2.45) is 11.8 Å². The monoisotopic (exact) mass is 744 g/mol. The summed E-state index contributed by atoms with van der Waals surface area (Å²) in [5.74, 6) is -3.53. The molecule has 4 heterocycles. The van der Waals surface area contributed by atoms with E-state index in [4.69, 9.17) is 14.2 Å². The van der Waals surface area contributed by atoms with Crippen LogP contribution < -0.4 is 5.32 Å². The summed E-state index contributed by atoms with van der Waals surface area (Å²) in [6.45, 7) is 13.2. The maximum Gasteiger partial charge on any atom is 0.313 e. The van der Waals surface area contributed by atoms with Crippen molar-refractivity contribution < 1.29 is 38.5 Å². The molecular formula is C36H49BrN4O8. The molecule has 0 radical (unpaired) electrons. The first-order chi connectivity index (χ1) is 23.7. The summed E-state index contributed by atoms with van der Waals surface area (Å²) < 4.78 is 18.3. The molecule has 4 aliphatic rings. The number of esters is 1. The summed E-state index contributed by atoms with van der Waals surface area (Å²) >= 11 is 3.72. The number of aliphatic hydroxyl groups is 1. The van der Waals surface area contributed by atoms with E-state index in [0.29, 0.717) is 51.1 Å². The highest BCUT2D eigenvalue weighted by atomic mass is 79.9. The molecule has 1 aromatic rings. The number of aliphatic hydroxyl groups excluding tert-OH is 1. The highest BCUT2D eigenvalue weighted by Gasteiger charge is 2.77. The fourth-order valence-corrected chi connectivity index (χ4v) is 8.72. The first-order valence-electron chi connectivity index (χ1n) is 17.3. The zero-order valence-electron chi connectivity index (χ0n) is 28.2. The molecule has 3 amide bonds. The standard InChI is InChI=1S/C36H49BrN4O8/c1-4-7-13-28(43)38-22-27(24-11-9-8-10-12-24)48-35(46)29-30-33(44)41(25(6-3)23-42)32(36(30)21-26(37)31(29)49-36)34(45)40(14-5-2)16-15-39-17-19-47-20-18-39/h4-5,8-12,25-27,29-32,42H,1-2,6-7,13-23H2,3H3,(H,38,43)/t25-,26?,27-,29-,30+,31-,32-,36+/m0/s1. The Hall–Kier alpha value is -3.10. The van der Waals surface area contributed by atoms with E-state index in [0.717, 1.165) is 13.1 Å². The lowest BCUT2D eigenvalue weighted by Gasteiger charge is -2.39. The molecule has 2 bridgehead atoms. The lowest BCUT2D eigenvalue weighted by atomic mass is 9.70. The average Bonchev–Trinajstić information content (AvgIpc) is 3.72. The number of carbonyl (C=O) groups excluding carboxylic acids is 4. The Labute approximate surface area is 296 Å². The topological polar surface area (TPSA) is 138 Å². The quantitative estimate of drug-likeness (QED) is 0.140. The fraction of sp³-hybridized carbons (Fsp3) is 0.611. The Morgan fingerprint density at radius 3 is 2.59 bits per heavy atom. The minimum Gasteiger partial charge on any atom is -0.455 e. The van der Waals surface area contributed by atoms with Gasteiger partial charge >= 0.3 is 5.97 Å². The van der Waals surface area contributed by atoms with Gasteiger partial charge < -0.3 is 34.4 Å². The SMILES string of the molecule is C=CCCC(=O)NC[C@H](OC(=O)[C@@H]1[C@H]2O[C@@]3(CC2Br)[C@H](C(=O)N(CC=C)CCN2CCOCC2)N([C@@H](CC)CO)C(=O)[C@@H]13)c1ccccc1. The van der Waals surface area contributed by atoms with E-state index in [1.807, 2.05) is 37.3 Å². The number of halogens is 1. The molecule has 2 N–H and O–H groups in total. The number of likely N-dealkylation sites (tertiary alicyclic amines) is 1. The molecule has 8 atom stereocenters. The molecule has 4 aliphatic heterocycles. The lowest BCUT2D eigenvalue weighted by Crippen LogP contribution is -2.59. The molecule has 268 valence electrons. The Morgan fingerprint density at radius 2 is 1.94 bits per heavy atom. The number of nitrogens with zero attached hydrogens (tertiary/aromatic N) is 3. The van der Waals surface area contributed by atoms with Crippen molar-refractivity contribution in [3.63, 3.8) is 0 Å². The predicted molar refractivity (Wildman–Crippen MR) is 185 cm³/mol. The molecule has 0 aliphatic carbocycles. The summed E-state index contributed by atoms with van der Waals surface area (Å²) in [5.41, 5.74) is -0.619. The lowest BCUT2D eigenvalue weighted by molar-refractivity contribution is -0.161. The van der Waals surface area contributed by atoms with E-state index in [1.165, 1.54) is 4.90 Å². The molecule has 0 aromatic heterocycles. The third-order valence-electron chi connectivity index (χ3n) is 10.2. The van der Waals surface area contributed by atoms with Crippen molar-refractivity contribution in [2.45, 2.75) is 67.3 Å². The van der Waals surface area contributed by atoms with Crippen molar-refractivity contribution in [3.8, 4) is 0 Å². The number of ether oxygens (including phenoxy) is 3. The smallest absolute Gasteiger partial charge is 0.313 e. The number of amides is 3. The number of carbonyl (C=O) groups is 4. The number of rotatable bonds is 17. The van der Waals surface area contributed by atoms with Gasteiger partial charge in [0.25, 0.3) is 0 Å². The minimum atomic E-state index is -1.31. The van der Waals surface area contributed by atoms with Gasteiger partial charge in [0.1, 0.15) is 17.7 Å².